The first kappa shape index (κ1) is 40.2. The molecule has 1 amide bonds. The van der Waals surface area contributed by atoms with Crippen LogP contribution < -0.4 is 5.32 Å². The quantitative estimate of drug-likeness (QED) is 0.0414. The van der Waals surface area contributed by atoms with Crippen molar-refractivity contribution in [2.75, 3.05) is 40.9 Å². The summed E-state index contributed by atoms with van der Waals surface area (Å²) in [6.07, 6.45) is 30.4. The molecule has 3 unspecified atom stereocenters. The molecule has 0 spiro atoms. The van der Waals surface area contributed by atoms with Gasteiger partial charge in [-0.05, 0) is 44.9 Å². The number of aliphatic hydroxyl groups is 1. The number of hydrogen-bond acceptors (Lipinski definition) is 5. The van der Waals surface area contributed by atoms with Crippen molar-refractivity contribution in [3.05, 3.63) is 60.8 Å². The minimum Gasteiger partial charge on any atom is -0.387 e. The van der Waals surface area contributed by atoms with E-state index < -0.39 is 20.0 Å². The number of nitrogens with zero attached hydrogens (tertiary/aromatic N) is 1. The molecule has 0 heterocycles. The number of carbonyl (C=O) groups is 1. The molecule has 242 valence electrons. The van der Waals surface area contributed by atoms with Crippen LogP contribution in [-0.4, -0.2) is 73.4 Å². The summed E-state index contributed by atoms with van der Waals surface area (Å²) < 4.78 is 23.2. The average Bonchev–Trinajstić information content (AvgIpc) is 2.92. The molecular weight excluding hydrogens is 551 g/mol. The van der Waals surface area contributed by atoms with Crippen LogP contribution in [0.25, 0.3) is 0 Å². The minimum atomic E-state index is -4.34. The summed E-state index contributed by atoms with van der Waals surface area (Å²) in [4.78, 5) is 22.7. The zero-order chi connectivity index (χ0) is 31.5. The van der Waals surface area contributed by atoms with Gasteiger partial charge in [0.05, 0.1) is 39.9 Å². The van der Waals surface area contributed by atoms with E-state index in [4.69, 9.17) is 9.05 Å². The van der Waals surface area contributed by atoms with Crippen molar-refractivity contribution in [2.45, 2.75) is 103 Å². The second-order valence-corrected chi connectivity index (χ2v) is 12.9. The third kappa shape index (κ3) is 27.1. The second-order valence-electron chi connectivity index (χ2n) is 11.4. The number of phosphoric ester groups is 1. The maximum atomic E-state index is 12.6. The fraction of sp³-hybridized carbons (Fsp3) is 0.667. The third-order valence-corrected chi connectivity index (χ3v) is 7.24. The van der Waals surface area contributed by atoms with Gasteiger partial charge in [0.1, 0.15) is 13.2 Å². The van der Waals surface area contributed by atoms with E-state index in [1.54, 1.807) is 6.08 Å². The van der Waals surface area contributed by atoms with Crippen molar-refractivity contribution in [3.63, 3.8) is 0 Å². The summed E-state index contributed by atoms with van der Waals surface area (Å²) in [5.41, 5.74) is 0. The van der Waals surface area contributed by atoms with Crippen LogP contribution in [0.4, 0.5) is 0 Å². The second kappa shape index (κ2) is 25.7. The SMILES string of the molecule is CC/C=C\C/C=C\C/C=C\C/C=C\CCC(=O)NC(COP(=O)(O)OCC[N+](C)(C)C)C(O)/C=C/CCCCCCC. The number of hydrogen-bond donors (Lipinski definition) is 3. The molecule has 3 atom stereocenters. The number of unbranched alkanes of at least 4 members (excludes halogenated alkanes) is 5. The third-order valence-electron chi connectivity index (χ3n) is 6.26. The van der Waals surface area contributed by atoms with Crippen LogP contribution in [0.5, 0.6) is 0 Å². The van der Waals surface area contributed by atoms with Gasteiger partial charge in [0.2, 0.25) is 5.91 Å². The van der Waals surface area contributed by atoms with Crippen molar-refractivity contribution in [1.29, 1.82) is 0 Å². The van der Waals surface area contributed by atoms with Gasteiger partial charge in [0, 0.05) is 6.42 Å². The van der Waals surface area contributed by atoms with E-state index >= 15 is 0 Å². The molecule has 0 aromatic rings. The molecule has 0 saturated carbocycles. The zero-order valence-electron chi connectivity index (χ0n) is 27.0. The maximum Gasteiger partial charge on any atom is 0.472 e. The Morgan fingerprint density at radius 3 is 2.02 bits per heavy atom. The maximum absolute atomic E-state index is 12.6. The predicted molar refractivity (Wildman–Crippen MR) is 175 cm³/mol. The molecule has 3 N–H and O–H groups in total. The Bertz CT molecular complexity index is 876. The highest BCUT2D eigenvalue weighted by molar-refractivity contribution is 7.47. The number of likely N-dealkylation sites (N-methyl/N-ethyl adjacent to an activating group) is 1. The smallest absolute Gasteiger partial charge is 0.387 e. The lowest BCUT2D eigenvalue weighted by Gasteiger charge is -2.25. The molecule has 0 aromatic heterocycles. The molecule has 0 aliphatic heterocycles. The van der Waals surface area contributed by atoms with Gasteiger partial charge in [-0.1, -0.05) is 100 Å². The summed E-state index contributed by atoms with van der Waals surface area (Å²) in [6, 6.07) is -0.881. The van der Waals surface area contributed by atoms with Crippen LogP contribution >= 0.6 is 7.82 Å². The summed E-state index contributed by atoms with van der Waals surface area (Å²) in [5.74, 6) is -0.267. The number of nitrogens with one attached hydrogen (secondary N) is 1. The van der Waals surface area contributed by atoms with Gasteiger partial charge in [-0.2, -0.15) is 0 Å². The molecule has 0 aromatic carbocycles. The fourth-order valence-corrected chi connectivity index (χ4v) is 4.43. The number of aliphatic hydroxyl groups excluding tert-OH is 1. The fourth-order valence-electron chi connectivity index (χ4n) is 3.69. The summed E-state index contributed by atoms with van der Waals surface area (Å²) in [7, 11) is 1.51. The van der Waals surface area contributed by atoms with Gasteiger partial charge in [-0.15, -0.1) is 0 Å². The van der Waals surface area contributed by atoms with Crippen LogP contribution in [0.15, 0.2) is 60.8 Å². The number of carbonyl (C=O) groups excluding carboxylic acids is 1. The number of phosphoric acid groups is 1. The van der Waals surface area contributed by atoms with E-state index in [0.29, 0.717) is 17.4 Å². The van der Waals surface area contributed by atoms with E-state index in [2.05, 4.69) is 55.6 Å². The topological polar surface area (TPSA) is 105 Å². The molecule has 0 bridgehead atoms. The van der Waals surface area contributed by atoms with Gasteiger partial charge in [0.25, 0.3) is 0 Å². The molecule has 9 heteroatoms. The van der Waals surface area contributed by atoms with Gasteiger partial charge in [0.15, 0.2) is 0 Å². The molecular formula is C33H60N2O6P+. The number of quaternary nitrogens is 1. The largest absolute Gasteiger partial charge is 0.472 e. The van der Waals surface area contributed by atoms with Gasteiger partial charge in [-0.3, -0.25) is 13.8 Å². The molecule has 0 radical (unpaired) electrons. The first-order chi connectivity index (χ1) is 20.0. The van der Waals surface area contributed by atoms with Gasteiger partial charge in [-0.25, -0.2) is 4.57 Å². The molecule has 8 nitrogen and oxygen atoms in total. The van der Waals surface area contributed by atoms with Crippen LogP contribution in [-0.2, 0) is 18.4 Å². The lowest BCUT2D eigenvalue weighted by atomic mass is 10.1. The molecule has 0 aliphatic carbocycles. The first-order valence-corrected chi connectivity index (χ1v) is 17.2. The molecule has 0 aliphatic rings. The summed E-state index contributed by atoms with van der Waals surface area (Å²) in [6.45, 7) is 4.52. The molecule has 42 heavy (non-hydrogen) atoms. The predicted octanol–water partition coefficient (Wildman–Crippen LogP) is 7.17. The zero-order valence-corrected chi connectivity index (χ0v) is 27.9. The highest BCUT2D eigenvalue weighted by atomic mass is 31.2. The van der Waals surface area contributed by atoms with Gasteiger partial charge < -0.3 is 19.8 Å². The normalized spacial score (nSPS) is 15.9. The van der Waals surface area contributed by atoms with E-state index in [9.17, 15) is 19.4 Å². The Morgan fingerprint density at radius 1 is 0.833 bits per heavy atom. The standard InChI is InChI=1S/C33H59N2O6P/c1-6-8-10-12-14-15-16-17-18-19-21-23-25-27-33(37)34-31(32(36)26-24-22-20-13-11-9-7-2)30-41-42(38,39)40-29-28-35(3,4)5/h8,10,14-15,17-18,21,23-24,26,31-32,36H,6-7,9,11-13,16,19-20,22,25,27-30H2,1-5H3,(H-,34,37,38,39)/p+1/b10-8-,15-14-,18-17-,23-21-,26-24+. The molecule has 0 rings (SSSR count). The lowest BCUT2D eigenvalue weighted by molar-refractivity contribution is -0.870. The minimum absolute atomic E-state index is 0.0453. The van der Waals surface area contributed by atoms with Crippen molar-refractivity contribution in [1.82, 2.24) is 5.32 Å². The van der Waals surface area contributed by atoms with Crippen molar-refractivity contribution >= 4 is 13.7 Å². The van der Waals surface area contributed by atoms with E-state index in [1.807, 2.05) is 39.4 Å². The number of allylic oxidation sites excluding steroid dienone is 9. The molecule has 0 saturated heterocycles. The van der Waals surface area contributed by atoms with Crippen molar-refractivity contribution in [2.24, 2.45) is 0 Å². The van der Waals surface area contributed by atoms with E-state index in [-0.39, 0.29) is 25.5 Å². The monoisotopic (exact) mass is 611 g/mol. The highest BCUT2D eigenvalue weighted by Gasteiger charge is 2.27. The van der Waals surface area contributed by atoms with Crippen LogP contribution in [0, 0.1) is 0 Å². The average molecular weight is 612 g/mol. The van der Waals surface area contributed by atoms with E-state index in [1.165, 1.54) is 19.3 Å². The first-order valence-electron chi connectivity index (χ1n) is 15.7. The van der Waals surface area contributed by atoms with Crippen LogP contribution in [0.3, 0.4) is 0 Å². The highest BCUT2D eigenvalue weighted by Crippen LogP contribution is 2.43. The Labute approximate surface area is 256 Å². The van der Waals surface area contributed by atoms with Crippen molar-refractivity contribution in [3.8, 4) is 0 Å². The number of rotatable bonds is 26. The van der Waals surface area contributed by atoms with Gasteiger partial charge >= 0.3 is 7.82 Å². The van der Waals surface area contributed by atoms with Crippen LogP contribution in [0.2, 0.25) is 0 Å². The Morgan fingerprint density at radius 2 is 1.43 bits per heavy atom. The van der Waals surface area contributed by atoms with E-state index in [0.717, 1.165) is 44.9 Å². The Balaban J connectivity index is 4.76. The Kier molecular flexibility index (Phi) is 24.6. The number of amides is 1. The molecule has 0 fully saturated rings. The van der Waals surface area contributed by atoms with Crippen LogP contribution in [0.1, 0.15) is 90.9 Å². The lowest BCUT2D eigenvalue weighted by Crippen LogP contribution is -2.45. The summed E-state index contributed by atoms with van der Waals surface area (Å²) in [5, 5.41) is 13.5. The Hall–Kier alpha value is -1.80. The van der Waals surface area contributed by atoms with Crippen molar-refractivity contribution < 1.29 is 32.9 Å². The summed E-state index contributed by atoms with van der Waals surface area (Å²) >= 11 is 0.